The molecule has 0 bridgehead atoms. The Hall–Kier alpha value is -1.75. The second kappa shape index (κ2) is 4.02. The highest BCUT2D eigenvalue weighted by atomic mass is 79.9. The van der Waals surface area contributed by atoms with Crippen molar-refractivity contribution >= 4 is 27.6 Å². The molecular weight excluding hydrogens is 272 g/mol. The molecule has 0 unspecified atom stereocenters. The minimum Gasteiger partial charge on any atom is -0.477 e. The Morgan fingerprint density at radius 3 is 2.81 bits per heavy atom. The predicted molar refractivity (Wildman–Crippen MR) is 65.3 cm³/mol. The number of nitrogens with two attached hydrogens (primary N) is 1. The molecule has 0 saturated carbocycles. The molecule has 0 aliphatic carbocycles. The molecule has 16 heavy (non-hydrogen) atoms. The zero-order valence-electron chi connectivity index (χ0n) is 8.20. The van der Waals surface area contributed by atoms with Crippen LogP contribution < -0.4 is 5.73 Å². The Labute approximate surface area is 100 Å². The minimum absolute atomic E-state index is 0.148. The number of hydrogen-bond acceptors (Lipinski definition) is 2. The lowest BCUT2D eigenvalue weighted by molar-refractivity contribution is 0.0691. The number of nitrogens with one attached hydrogen (secondary N) is 1. The highest BCUT2D eigenvalue weighted by Gasteiger charge is 2.10. The van der Waals surface area contributed by atoms with Gasteiger partial charge in [0.25, 0.3) is 0 Å². The quantitative estimate of drug-likeness (QED) is 0.740. The summed E-state index contributed by atoms with van der Waals surface area (Å²) in [4.78, 5) is 13.4. The van der Waals surface area contributed by atoms with Crippen LogP contribution in [0.15, 0.2) is 34.9 Å². The lowest BCUT2D eigenvalue weighted by Gasteiger charge is -2.04. The number of halogens is 1. The number of carboxylic acids is 1. The number of hydrogen-bond donors (Lipinski definition) is 3. The highest BCUT2D eigenvalue weighted by Crippen LogP contribution is 2.31. The Kier molecular flexibility index (Phi) is 2.70. The number of rotatable bonds is 2. The second-order valence-corrected chi connectivity index (χ2v) is 4.16. The summed E-state index contributed by atoms with van der Waals surface area (Å²) in [6.07, 6.45) is 1.63. The number of anilines is 1. The Morgan fingerprint density at radius 1 is 1.44 bits per heavy atom. The van der Waals surface area contributed by atoms with E-state index in [1.807, 2.05) is 18.2 Å². The van der Waals surface area contributed by atoms with Crippen molar-refractivity contribution in [2.45, 2.75) is 0 Å². The van der Waals surface area contributed by atoms with Crippen molar-refractivity contribution in [1.82, 2.24) is 4.98 Å². The van der Waals surface area contributed by atoms with E-state index in [9.17, 15) is 4.79 Å². The second-order valence-electron chi connectivity index (χ2n) is 3.31. The van der Waals surface area contributed by atoms with Crippen LogP contribution in [-0.2, 0) is 0 Å². The van der Waals surface area contributed by atoms with Crippen LogP contribution >= 0.6 is 15.9 Å². The van der Waals surface area contributed by atoms with Gasteiger partial charge in [-0.2, -0.15) is 0 Å². The van der Waals surface area contributed by atoms with Gasteiger partial charge in [0.2, 0.25) is 0 Å². The SMILES string of the molecule is Nc1c(Br)cccc1-c1c[nH]c(C(=O)O)c1. The molecule has 0 amide bonds. The summed E-state index contributed by atoms with van der Waals surface area (Å²) < 4.78 is 0.795. The monoisotopic (exact) mass is 280 g/mol. The van der Waals surface area contributed by atoms with E-state index in [1.54, 1.807) is 12.3 Å². The summed E-state index contributed by atoms with van der Waals surface area (Å²) >= 11 is 3.33. The predicted octanol–water partition coefficient (Wildman–Crippen LogP) is 2.72. The van der Waals surface area contributed by atoms with Crippen LogP contribution in [0.1, 0.15) is 10.5 Å². The average molecular weight is 281 g/mol. The van der Waals surface area contributed by atoms with E-state index in [0.717, 1.165) is 15.6 Å². The van der Waals surface area contributed by atoms with Crippen molar-refractivity contribution < 1.29 is 9.90 Å². The first-order valence-corrected chi connectivity index (χ1v) is 5.35. The van der Waals surface area contributed by atoms with Gasteiger partial charge in [0, 0.05) is 21.8 Å². The van der Waals surface area contributed by atoms with Crippen molar-refractivity contribution in [3.05, 3.63) is 40.6 Å². The van der Waals surface area contributed by atoms with Gasteiger partial charge in [-0.25, -0.2) is 4.79 Å². The van der Waals surface area contributed by atoms with E-state index in [-0.39, 0.29) is 5.69 Å². The number of aromatic carboxylic acids is 1. The van der Waals surface area contributed by atoms with Crippen LogP contribution in [0, 0.1) is 0 Å². The Balaban J connectivity index is 2.50. The molecule has 0 aliphatic rings. The lowest BCUT2D eigenvalue weighted by Crippen LogP contribution is -1.94. The van der Waals surface area contributed by atoms with E-state index < -0.39 is 5.97 Å². The van der Waals surface area contributed by atoms with E-state index in [4.69, 9.17) is 10.8 Å². The average Bonchev–Trinajstić information content (AvgIpc) is 2.71. The summed E-state index contributed by atoms with van der Waals surface area (Å²) in [5.74, 6) is -0.986. The molecule has 0 radical (unpaired) electrons. The topological polar surface area (TPSA) is 79.1 Å². The number of carboxylic acid groups (broad SMARTS) is 1. The Morgan fingerprint density at radius 2 is 2.19 bits per heavy atom. The van der Waals surface area contributed by atoms with E-state index in [0.29, 0.717) is 5.69 Å². The van der Waals surface area contributed by atoms with Crippen LogP contribution in [0.4, 0.5) is 5.69 Å². The van der Waals surface area contributed by atoms with Crippen molar-refractivity contribution in [3.8, 4) is 11.1 Å². The molecule has 82 valence electrons. The number of H-pyrrole nitrogens is 1. The molecule has 2 aromatic rings. The van der Waals surface area contributed by atoms with Gasteiger partial charge in [-0.3, -0.25) is 0 Å². The lowest BCUT2D eigenvalue weighted by atomic mass is 10.1. The van der Waals surface area contributed by atoms with Gasteiger partial charge in [0.15, 0.2) is 0 Å². The molecule has 0 saturated heterocycles. The first-order valence-electron chi connectivity index (χ1n) is 4.55. The van der Waals surface area contributed by atoms with Crippen LogP contribution in [0.5, 0.6) is 0 Å². The normalized spacial score (nSPS) is 10.3. The van der Waals surface area contributed by atoms with Gasteiger partial charge in [-0.1, -0.05) is 12.1 Å². The first-order chi connectivity index (χ1) is 7.59. The third kappa shape index (κ3) is 1.81. The molecule has 1 aromatic heterocycles. The summed E-state index contributed by atoms with van der Waals surface area (Å²) in [5, 5.41) is 8.80. The van der Waals surface area contributed by atoms with Crippen LogP contribution in [-0.4, -0.2) is 16.1 Å². The van der Waals surface area contributed by atoms with Crippen LogP contribution in [0.2, 0.25) is 0 Å². The fourth-order valence-electron chi connectivity index (χ4n) is 1.46. The Bertz CT molecular complexity index is 549. The van der Waals surface area contributed by atoms with Crippen molar-refractivity contribution in [3.63, 3.8) is 0 Å². The molecule has 5 heteroatoms. The van der Waals surface area contributed by atoms with Crippen LogP contribution in [0.25, 0.3) is 11.1 Å². The smallest absolute Gasteiger partial charge is 0.352 e. The summed E-state index contributed by atoms with van der Waals surface area (Å²) in [6.45, 7) is 0. The van der Waals surface area contributed by atoms with Gasteiger partial charge in [0.05, 0.1) is 5.69 Å². The van der Waals surface area contributed by atoms with Crippen LogP contribution in [0.3, 0.4) is 0 Å². The molecule has 0 spiro atoms. The number of aromatic amines is 1. The third-order valence-corrected chi connectivity index (χ3v) is 2.97. The summed E-state index contributed by atoms with van der Waals surface area (Å²) in [5.41, 5.74) is 8.20. The highest BCUT2D eigenvalue weighted by molar-refractivity contribution is 9.10. The zero-order valence-corrected chi connectivity index (χ0v) is 9.78. The van der Waals surface area contributed by atoms with Crippen molar-refractivity contribution in [2.75, 3.05) is 5.73 Å². The van der Waals surface area contributed by atoms with Gasteiger partial charge in [-0.15, -0.1) is 0 Å². The standard InChI is InChI=1S/C11H9BrN2O2/c12-8-3-1-2-7(10(8)13)6-4-9(11(15)16)14-5-6/h1-5,14H,13H2,(H,15,16). The maximum atomic E-state index is 10.7. The minimum atomic E-state index is -0.986. The number of benzene rings is 1. The summed E-state index contributed by atoms with van der Waals surface area (Å²) in [7, 11) is 0. The van der Waals surface area contributed by atoms with Gasteiger partial charge in [0.1, 0.15) is 5.69 Å². The zero-order chi connectivity index (χ0) is 11.7. The van der Waals surface area contributed by atoms with Crippen molar-refractivity contribution in [1.29, 1.82) is 0 Å². The molecule has 1 heterocycles. The number of carbonyl (C=O) groups is 1. The molecule has 0 atom stereocenters. The number of para-hydroxylation sites is 1. The van der Waals surface area contributed by atoms with E-state index in [2.05, 4.69) is 20.9 Å². The fourth-order valence-corrected chi connectivity index (χ4v) is 1.83. The van der Waals surface area contributed by atoms with Gasteiger partial charge >= 0.3 is 5.97 Å². The maximum Gasteiger partial charge on any atom is 0.352 e. The van der Waals surface area contributed by atoms with E-state index in [1.165, 1.54) is 0 Å². The number of aromatic nitrogens is 1. The molecular formula is C11H9BrN2O2. The molecule has 2 rings (SSSR count). The fraction of sp³-hybridized carbons (Fsp3) is 0. The van der Waals surface area contributed by atoms with Crippen molar-refractivity contribution in [2.24, 2.45) is 0 Å². The molecule has 4 N–H and O–H groups in total. The van der Waals surface area contributed by atoms with Gasteiger partial charge in [-0.05, 0) is 28.1 Å². The molecule has 1 aromatic carbocycles. The first kappa shape index (κ1) is 10.8. The van der Waals surface area contributed by atoms with E-state index >= 15 is 0 Å². The van der Waals surface area contributed by atoms with Gasteiger partial charge < -0.3 is 15.8 Å². The third-order valence-electron chi connectivity index (χ3n) is 2.28. The maximum absolute atomic E-state index is 10.7. The largest absolute Gasteiger partial charge is 0.477 e. The molecule has 4 nitrogen and oxygen atoms in total. The number of nitrogen functional groups attached to an aromatic ring is 1. The summed E-state index contributed by atoms with van der Waals surface area (Å²) in [6, 6.07) is 7.09. The molecule has 0 aliphatic heterocycles. The molecule has 0 fully saturated rings.